The molecular weight excluding hydrogens is 396 g/mol. The van der Waals surface area contributed by atoms with Gasteiger partial charge in [-0.1, -0.05) is 17.7 Å². The minimum atomic E-state index is -0.566. The summed E-state index contributed by atoms with van der Waals surface area (Å²) in [5.74, 6) is -0.112. The van der Waals surface area contributed by atoms with Gasteiger partial charge in [0.25, 0.3) is 5.91 Å². The van der Waals surface area contributed by atoms with Crippen molar-refractivity contribution in [3.8, 4) is 11.6 Å². The lowest BCUT2D eigenvalue weighted by Gasteiger charge is -2.12. The SMILES string of the molecule is COC(=O)c1cc2cc(Cl)cc(CNC(=O)c3cccc(OC)c3)c2nc1OC. The molecule has 0 spiro atoms. The first-order chi connectivity index (χ1) is 14.0. The number of fused-ring (bicyclic) bond motifs is 1. The van der Waals surface area contributed by atoms with Crippen molar-refractivity contribution in [3.63, 3.8) is 0 Å². The maximum atomic E-state index is 12.5. The maximum Gasteiger partial charge on any atom is 0.343 e. The van der Waals surface area contributed by atoms with Crippen molar-refractivity contribution in [2.75, 3.05) is 21.3 Å². The molecule has 0 bridgehead atoms. The Kier molecular flexibility index (Phi) is 6.19. The van der Waals surface area contributed by atoms with Crippen LogP contribution in [0.3, 0.4) is 0 Å². The van der Waals surface area contributed by atoms with Crippen LogP contribution in [0.25, 0.3) is 10.9 Å². The molecule has 0 aliphatic heterocycles. The molecule has 3 aromatic rings. The Morgan fingerprint density at radius 2 is 1.86 bits per heavy atom. The highest BCUT2D eigenvalue weighted by Gasteiger charge is 2.18. The van der Waals surface area contributed by atoms with E-state index in [9.17, 15) is 9.59 Å². The van der Waals surface area contributed by atoms with E-state index >= 15 is 0 Å². The third kappa shape index (κ3) is 4.41. The van der Waals surface area contributed by atoms with E-state index in [1.807, 2.05) is 0 Å². The molecule has 29 heavy (non-hydrogen) atoms. The number of methoxy groups -OCH3 is 3. The average molecular weight is 415 g/mol. The fourth-order valence-corrected chi connectivity index (χ4v) is 3.14. The van der Waals surface area contributed by atoms with Crippen LogP contribution < -0.4 is 14.8 Å². The molecule has 0 atom stereocenters. The number of rotatable bonds is 6. The molecule has 2 aromatic carbocycles. The van der Waals surface area contributed by atoms with Gasteiger partial charge in [-0.3, -0.25) is 4.79 Å². The van der Waals surface area contributed by atoms with E-state index in [0.717, 1.165) is 0 Å². The van der Waals surface area contributed by atoms with Crippen LogP contribution >= 0.6 is 11.6 Å². The van der Waals surface area contributed by atoms with Crippen LogP contribution in [0.2, 0.25) is 5.02 Å². The second kappa shape index (κ2) is 8.79. The van der Waals surface area contributed by atoms with Gasteiger partial charge < -0.3 is 19.5 Å². The summed E-state index contributed by atoms with van der Waals surface area (Å²) >= 11 is 6.23. The Labute approximate surface area is 172 Å². The number of aromatic nitrogens is 1. The van der Waals surface area contributed by atoms with Crippen LogP contribution in [0.15, 0.2) is 42.5 Å². The lowest BCUT2D eigenvalue weighted by Crippen LogP contribution is -2.23. The number of hydrogen-bond donors (Lipinski definition) is 1. The smallest absolute Gasteiger partial charge is 0.343 e. The number of pyridine rings is 1. The van der Waals surface area contributed by atoms with Gasteiger partial charge in [-0.15, -0.1) is 0 Å². The Balaban J connectivity index is 1.94. The summed E-state index contributed by atoms with van der Waals surface area (Å²) in [6.45, 7) is 0.181. The number of halogens is 1. The van der Waals surface area contributed by atoms with Gasteiger partial charge >= 0.3 is 5.97 Å². The van der Waals surface area contributed by atoms with Gasteiger partial charge in [0.15, 0.2) is 0 Å². The van der Waals surface area contributed by atoms with E-state index < -0.39 is 5.97 Å². The third-order valence-electron chi connectivity index (χ3n) is 4.30. The van der Waals surface area contributed by atoms with E-state index in [4.69, 9.17) is 25.8 Å². The van der Waals surface area contributed by atoms with E-state index in [-0.39, 0.29) is 23.9 Å². The molecule has 0 unspecified atom stereocenters. The average Bonchev–Trinajstić information content (AvgIpc) is 2.75. The molecule has 0 aliphatic rings. The van der Waals surface area contributed by atoms with E-state index in [1.54, 1.807) is 42.5 Å². The molecule has 8 heteroatoms. The number of benzene rings is 2. The number of carbonyl (C=O) groups excluding carboxylic acids is 2. The summed E-state index contributed by atoms with van der Waals surface area (Å²) in [4.78, 5) is 28.9. The monoisotopic (exact) mass is 414 g/mol. The lowest BCUT2D eigenvalue weighted by molar-refractivity contribution is 0.0596. The summed E-state index contributed by atoms with van der Waals surface area (Å²) < 4.78 is 15.2. The molecule has 3 rings (SSSR count). The molecule has 1 amide bonds. The van der Waals surface area contributed by atoms with Crippen molar-refractivity contribution in [2.45, 2.75) is 6.54 Å². The minimum absolute atomic E-state index is 0.132. The first-order valence-electron chi connectivity index (χ1n) is 8.64. The maximum absolute atomic E-state index is 12.5. The Bertz CT molecular complexity index is 1080. The van der Waals surface area contributed by atoms with Crippen molar-refractivity contribution < 1.29 is 23.8 Å². The highest BCUT2D eigenvalue weighted by Crippen LogP contribution is 2.28. The normalized spacial score (nSPS) is 10.5. The van der Waals surface area contributed by atoms with Gasteiger partial charge in [0.05, 0.1) is 26.8 Å². The number of esters is 1. The van der Waals surface area contributed by atoms with Crippen molar-refractivity contribution in [1.29, 1.82) is 0 Å². The first kappa shape index (κ1) is 20.4. The molecule has 7 nitrogen and oxygen atoms in total. The summed E-state index contributed by atoms with van der Waals surface area (Å²) in [6.07, 6.45) is 0. The van der Waals surface area contributed by atoms with Gasteiger partial charge in [-0.2, -0.15) is 0 Å². The van der Waals surface area contributed by atoms with Crippen LogP contribution in [-0.2, 0) is 11.3 Å². The second-order valence-corrected chi connectivity index (χ2v) is 6.52. The number of amides is 1. The lowest BCUT2D eigenvalue weighted by atomic mass is 10.1. The minimum Gasteiger partial charge on any atom is -0.497 e. The fraction of sp³-hybridized carbons (Fsp3) is 0.190. The molecule has 150 valence electrons. The molecule has 0 fully saturated rings. The third-order valence-corrected chi connectivity index (χ3v) is 4.51. The van der Waals surface area contributed by atoms with Gasteiger partial charge in [0, 0.05) is 22.5 Å². The van der Waals surface area contributed by atoms with Crippen LogP contribution in [0.4, 0.5) is 0 Å². The van der Waals surface area contributed by atoms with Crippen molar-refractivity contribution in [3.05, 3.63) is 64.2 Å². The highest BCUT2D eigenvalue weighted by atomic mass is 35.5. The molecule has 1 heterocycles. The zero-order chi connectivity index (χ0) is 21.0. The Morgan fingerprint density at radius 3 is 2.55 bits per heavy atom. The van der Waals surface area contributed by atoms with Gasteiger partial charge in [-0.25, -0.2) is 9.78 Å². The zero-order valence-corrected chi connectivity index (χ0v) is 16.9. The number of ether oxygens (including phenoxy) is 3. The molecule has 0 aliphatic carbocycles. The van der Waals surface area contributed by atoms with Crippen LogP contribution in [0.5, 0.6) is 11.6 Å². The van der Waals surface area contributed by atoms with Crippen LogP contribution in [0, 0.1) is 0 Å². The van der Waals surface area contributed by atoms with Crippen LogP contribution in [0.1, 0.15) is 26.3 Å². The van der Waals surface area contributed by atoms with E-state index in [0.29, 0.717) is 32.8 Å². The summed E-state index contributed by atoms with van der Waals surface area (Å²) in [5.41, 5.74) is 1.90. The summed E-state index contributed by atoms with van der Waals surface area (Å²) in [6, 6.07) is 11.8. The van der Waals surface area contributed by atoms with E-state index in [2.05, 4.69) is 10.3 Å². The topological polar surface area (TPSA) is 86.8 Å². The number of hydrogen-bond acceptors (Lipinski definition) is 6. The Morgan fingerprint density at radius 1 is 1.07 bits per heavy atom. The predicted molar refractivity (Wildman–Crippen MR) is 109 cm³/mol. The van der Waals surface area contributed by atoms with Gasteiger partial charge in [0.2, 0.25) is 5.88 Å². The molecule has 0 saturated heterocycles. The molecule has 0 saturated carbocycles. The van der Waals surface area contributed by atoms with Gasteiger partial charge in [-0.05, 0) is 42.0 Å². The second-order valence-electron chi connectivity index (χ2n) is 6.09. The van der Waals surface area contributed by atoms with E-state index in [1.165, 1.54) is 21.3 Å². The largest absolute Gasteiger partial charge is 0.497 e. The number of carbonyl (C=O) groups is 2. The predicted octanol–water partition coefficient (Wildman–Crippen LogP) is 3.62. The Hall–Kier alpha value is -3.32. The van der Waals surface area contributed by atoms with Crippen molar-refractivity contribution in [2.24, 2.45) is 0 Å². The van der Waals surface area contributed by atoms with Gasteiger partial charge in [0.1, 0.15) is 11.3 Å². The highest BCUT2D eigenvalue weighted by molar-refractivity contribution is 6.31. The quantitative estimate of drug-likeness (QED) is 0.620. The number of nitrogens with zero attached hydrogens (tertiary/aromatic N) is 1. The molecular formula is C21H19ClN2O5. The first-order valence-corrected chi connectivity index (χ1v) is 9.02. The molecule has 0 radical (unpaired) electrons. The summed E-state index contributed by atoms with van der Waals surface area (Å²) in [5, 5.41) is 3.93. The molecule has 1 N–H and O–H groups in total. The summed E-state index contributed by atoms with van der Waals surface area (Å²) in [7, 11) is 4.24. The number of nitrogens with one attached hydrogen (secondary N) is 1. The standard InChI is InChI=1S/C21H19ClN2O5/c1-27-16-6-4-5-12(9-16)19(25)23-11-14-8-15(22)7-13-10-17(21(26)29-3)20(28-2)24-18(13)14/h4-10H,11H2,1-3H3,(H,23,25). The van der Waals surface area contributed by atoms with Crippen LogP contribution in [-0.4, -0.2) is 38.2 Å². The fourth-order valence-electron chi connectivity index (χ4n) is 2.89. The van der Waals surface area contributed by atoms with Crippen molar-refractivity contribution in [1.82, 2.24) is 10.3 Å². The van der Waals surface area contributed by atoms with Crippen molar-refractivity contribution >= 4 is 34.4 Å². The molecule has 1 aromatic heterocycles. The zero-order valence-electron chi connectivity index (χ0n) is 16.1.